The first-order valence-corrected chi connectivity index (χ1v) is 8.98. The largest absolute Gasteiger partial charge is 0.478 e. The molecule has 1 unspecified atom stereocenters. The molecule has 0 radical (unpaired) electrons. The molecule has 0 fully saturated rings. The Balaban J connectivity index is 1.84. The average molecular weight is 367 g/mol. The second-order valence-electron chi connectivity index (χ2n) is 5.23. The van der Waals surface area contributed by atoms with Crippen LogP contribution in [0.2, 0.25) is 5.02 Å². The predicted octanol–water partition coefficient (Wildman–Crippen LogP) is 4.24. The number of pyridine rings is 1. The molecule has 4 nitrogen and oxygen atoms in total. The van der Waals surface area contributed by atoms with Gasteiger partial charge in [-0.15, -0.1) is 11.8 Å². The third-order valence-corrected chi connectivity index (χ3v) is 5.12. The van der Waals surface area contributed by atoms with Crippen LogP contribution < -0.4 is 10.1 Å². The number of aromatic nitrogens is 1. The van der Waals surface area contributed by atoms with E-state index in [1.165, 1.54) is 17.8 Å². The lowest BCUT2D eigenvalue weighted by molar-refractivity contribution is 0.0928. The summed E-state index contributed by atoms with van der Waals surface area (Å²) >= 11 is 7.56. The van der Waals surface area contributed by atoms with Gasteiger partial charge in [0.05, 0.1) is 17.7 Å². The molecular formula is C17H16ClFN2O2S. The van der Waals surface area contributed by atoms with E-state index in [0.717, 1.165) is 17.7 Å². The van der Waals surface area contributed by atoms with Crippen LogP contribution in [0.25, 0.3) is 0 Å². The van der Waals surface area contributed by atoms with Gasteiger partial charge in [0.1, 0.15) is 5.82 Å². The van der Waals surface area contributed by atoms with Crippen LogP contribution >= 0.6 is 23.4 Å². The van der Waals surface area contributed by atoms with Gasteiger partial charge in [0.15, 0.2) is 5.69 Å². The number of fused-ring (bicyclic) bond motifs is 1. The van der Waals surface area contributed by atoms with Crippen molar-refractivity contribution in [1.82, 2.24) is 10.3 Å². The van der Waals surface area contributed by atoms with Crippen molar-refractivity contribution in [2.24, 2.45) is 0 Å². The number of thioether (sulfide) groups is 1. The van der Waals surface area contributed by atoms with E-state index in [1.54, 1.807) is 18.2 Å². The number of ether oxygens (including phenoxy) is 1. The molecule has 1 N–H and O–H groups in total. The van der Waals surface area contributed by atoms with Gasteiger partial charge in [0.25, 0.3) is 5.91 Å². The van der Waals surface area contributed by atoms with Gasteiger partial charge in [0, 0.05) is 16.7 Å². The third kappa shape index (κ3) is 3.49. The Labute approximate surface area is 148 Å². The van der Waals surface area contributed by atoms with Crippen molar-refractivity contribution in [3.05, 3.63) is 52.4 Å². The van der Waals surface area contributed by atoms with Crippen molar-refractivity contribution >= 4 is 29.3 Å². The van der Waals surface area contributed by atoms with Gasteiger partial charge in [-0.05, 0) is 31.0 Å². The minimum Gasteiger partial charge on any atom is -0.478 e. The summed E-state index contributed by atoms with van der Waals surface area (Å²) in [5.41, 5.74) is 0.899. The van der Waals surface area contributed by atoms with Crippen LogP contribution in [-0.2, 0) is 0 Å². The summed E-state index contributed by atoms with van der Waals surface area (Å²) in [6.45, 7) is 2.28. The van der Waals surface area contributed by atoms with Crippen LogP contribution in [0.15, 0.2) is 35.2 Å². The SMILES string of the molecule is CCOc1ccc(Cl)c(C(=O)NC2CCSc3c(F)cccc32)n1. The average Bonchev–Trinajstić information content (AvgIpc) is 2.58. The number of halogens is 2. The second kappa shape index (κ2) is 7.40. The number of rotatable bonds is 4. The van der Waals surface area contributed by atoms with Crippen LogP contribution in [0.5, 0.6) is 5.88 Å². The van der Waals surface area contributed by atoms with Crippen LogP contribution in [0.3, 0.4) is 0 Å². The molecule has 0 spiro atoms. The van der Waals surface area contributed by atoms with Gasteiger partial charge in [-0.2, -0.15) is 0 Å². The molecule has 0 bridgehead atoms. The molecule has 1 aromatic carbocycles. The number of nitrogens with one attached hydrogen (secondary N) is 1. The molecule has 2 aromatic rings. The molecule has 0 saturated heterocycles. The van der Waals surface area contributed by atoms with Crippen molar-refractivity contribution in [2.75, 3.05) is 12.4 Å². The van der Waals surface area contributed by atoms with E-state index in [0.29, 0.717) is 17.4 Å². The number of nitrogens with zero attached hydrogens (tertiary/aromatic N) is 1. The molecule has 1 amide bonds. The van der Waals surface area contributed by atoms with Crippen molar-refractivity contribution in [3.8, 4) is 5.88 Å². The lowest BCUT2D eigenvalue weighted by Crippen LogP contribution is -2.31. The molecular weight excluding hydrogens is 351 g/mol. The molecule has 2 heterocycles. The van der Waals surface area contributed by atoms with Crippen molar-refractivity contribution in [3.63, 3.8) is 0 Å². The normalized spacial score (nSPS) is 16.4. The molecule has 126 valence electrons. The zero-order chi connectivity index (χ0) is 17.1. The van der Waals surface area contributed by atoms with Crippen molar-refractivity contribution in [1.29, 1.82) is 0 Å². The summed E-state index contributed by atoms with van der Waals surface area (Å²) in [5, 5.41) is 3.16. The molecule has 7 heteroatoms. The minimum atomic E-state index is -0.395. The lowest BCUT2D eigenvalue weighted by atomic mass is 10.0. The first-order valence-electron chi connectivity index (χ1n) is 7.61. The standard InChI is InChI=1S/C17H16ClFN2O2S/c1-2-23-14-7-6-11(18)15(21-14)17(22)20-13-8-9-24-16-10(13)4-3-5-12(16)19/h3-7,13H,2,8-9H2,1H3,(H,20,22). The number of carbonyl (C=O) groups is 1. The monoisotopic (exact) mass is 366 g/mol. The van der Waals surface area contributed by atoms with E-state index < -0.39 is 5.91 Å². The Kier molecular flexibility index (Phi) is 5.26. The van der Waals surface area contributed by atoms with Gasteiger partial charge >= 0.3 is 0 Å². The maximum absolute atomic E-state index is 13.9. The number of carbonyl (C=O) groups excluding carboxylic acids is 1. The Morgan fingerprint density at radius 2 is 2.29 bits per heavy atom. The van der Waals surface area contributed by atoms with Gasteiger partial charge in [0.2, 0.25) is 5.88 Å². The molecule has 1 atom stereocenters. The summed E-state index contributed by atoms with van der Waals surface area (Å²) in [5.74, 6) is 0.427. The highest BCUT2D eigenvalue weighted by Crippen LogP contribution is 2.37. The molecule has 1 aliphatic heterocycles. The molecule has 1 aromatic heterocycles. The summed E-state index contributed by atoms with van der Waals surface area (Å²) in [7, 11) is 0. The van der Waals surface area contributed by atoms with Crippen molar-refractivity contribution in [2.45, 2.75) is 24.3 Å². The smallest absolute Gasteiger partial charge is 0.272 e. The fourth-order valence-corrected chi connectivity index (χ4v) is 3.91. The van der Waals surface area contributed by atoms with E-state index in [4.69, 9.17) is 16.3 Å². The molecule has 3 rings (SSSR count). The summed E-state index contributed by atoms with van der Waals surface area (Å²) < 4.78 is 19.2. The number of hydrogen-bond donors (Lipinski definition) is 1. The molecule has 24 heavy (non-hydrogen) atoms. The highest BCUT2D eigenvalue weighted by Gasteiger charge is 2.26. The Bertz CT molecular complexity index is 772. The highest BCUT2D eigenvalue weighted by atomic mass is 35.5. The second-order valence-corrected chi connectivity index (χ2v) is 6.75. The van der Waals surface area contributed by atoms with Crippen molar-refractivity contribution < 1.29 is 13.9 Å². The minimum absolute atomic E-state index is 0.110. The summed E-state index contributed by atoms with van der Waals surface area (Å²) in [6.07, 6.45) is 0.718. The maximum Gasteiger partial charge on any atom is 0.272 e. The highest BCUT2D eigenvalue weighted by molar-refractivity contribution is 7.99. The third-order valence-electron chi connectivity index (χ3n) is 3.66. The first-order chi connectivity index (χ1) is 11.6. The number of amides is 1. The molecule has 0 aliphatic carbocycles. The zero-order valence-electron chi connectivity index (χ0n) is 13.0. The Hall–Kier alpha value is -1.79. The lowest BCUT2D eigenvalue weighted by Gasteiger charge is -2.26. The number of hydrogen-bond acceptors (Lipinski definition) is 4. The topological polar surface area (TPSA) is 51.2 Å². The number of benzene rings is 1. The van der Waals surface area contributed by atoms with Gasteiger partial charge < -0.3 is 10.1 Å². The predicted molar refractivity (Wildman–Crippen MR) is 92.4 cm³/mol. The van der Waals surface area contributed by atoms with E-state index in [2.05, 4.69) is 10.3 Å². The van der Waals surface area contributed by atoms with E-state index in [1.807, 2.05) is 13.0 Å². The maximum atomic E-state index is 13.9. The molecule has 1 aliphatic rings. The van der Waals surface area contributed by atoms with Crippen LogP contribution in [0.4, 0.5) is 4.39 Å². The zero-order valence-corrected chi connectivity index (χ0v) is 14.6. The van der Waals surface area contributed by atoms with Crippen LogP contribution in [0, 0.1) is 5.82 Å². The fraction of sp³-hybridized carbons (Fsp3) is 0.294. The summed E-state index contributed by atoms with van der Waals surface area (Å²) in [4.78, 5) is 17.3. The van der Waals surface area contributed by atoms with E-state index in [9.17, 15) is 9.18 Å². The molecule has 0 saturated carbocycles. The fourth-order valence-electron chi connectivity index (χ4n) is 2.57. The van der Waals surface area contributed by atoms with Gasteiger partial charge in [-0.3, -0.25) is 4.79 Å². The van der Waals surface area contributed by atoms with E-state index in [-0.39, 0.29) is 22.6 Å². The quantitative estimate of drug-likeness (QED) is 0.879. The van der Waals surface area contributed by atoms with Crippen LogP contribution in [-0.4, -0.2) is 23.3 Å². The first kappa shape index (κ1) is 17.0. The van der Waals surface area contributed by atoms with Gasteiger partial charge in [-0.1, -0.05) is 23.7 Å². The Morgan fingerprint density at radius 3 is 3.08 bits per heavy atom. The van der Waals surface area contributed by atoms with E-state index >= 15 is 0 Å². The van der Waals surface area contributed by atoms with Crippen LogP contribution in [0.1, 0.15) is 35.4 Å². The van der Waals surface area contributed by atoms with Gasteiger partial charge in [-0.25, -0.2) is 9.37 Å². The summed E-state index contributed by atoms with van der Waals surface area (Å²) in [6, 6.07) is 7.85. The Morgan fingerprint density at radius 1 is 1.46 bits per heavy atom.